The Morgan fingerprint density at radius 3 is 2.52 bits per heavy atom. The van der Waals surface area contributed by atoms with E-state index in [1.165, 1.54) is 0 Å². The van der Waals surface area contributed by atoms with Gasteiger partial charge in [0.05, 0.1) is 25.8 Å². The number of aryl methyl sites for hydroxylation is 1. The van der Waals surface area contributed by atoms with Crippen molar-refractivity contribution in [2.75, 3.05) is 19.5 Å². The molecule has 0 bridgehead atoms. The van der Waals surface area contributed by atoms with Crippen LogP contribution in [-0.4, -0.2) is 30.3 Å². The van der Waals surface area contributed by atoms with Crippen LogP contribution in [0, 0.1) is 6.92 Å². The fourth-order valence-electron chi connectivity index (χ4n) is 2.78. The highest BCUT2D eigenvalue weighted by molar-refractivity contribution is 5.93. The minimum atomic E-state index is -0.344. The third-order valence-corrected chi connectivity index (χ3v) is 4.11. The van der Waals surface area contributed by atoms with Crippen molar-refractivity contribution in [2.24, 2.45) is 0 Å². The van der Waals surface area contributed by atoms with Crippen LogP contribution in [0.3, 0.4) is 0 Å². The zero-order valence-corrected chi connectivity index (χ0v) is 15.4. The number of ether oxygens (including phenoxy) is 2. The molecule has 140 valence electrons. The van der Waals surface area contributed by atoms with Gasteiger partial charge in [-0.15, -0.1) is 10.2 Å². The summed E-state index contributed by atoms with van der Waals surface area (Å²) in [5.74, 6) is 1.50. The predicted octanol–water partition coefficient (Wildman–Crippen LogP) is 3.56. The van der Waals surface area contributed by atoms with E-state index in [1.54, 1.807) is 39.3 Å². The molecule has 0 fully saturated rings. The molecule has 0 radical (unpaired) electrons. The molecule has 1 atom stereocenters. The van der Waals surface area contributed by atoms with E-state index in [0.717, 1.165) is 5.56 Å². The van der Waals surface area contributed by atoms with E-state index in [9.17, 15) is 4.79 Å². The zero-order valence-electron chi connectivity index (χ0n) is 15.4. The number of nitrogens with zero attached hydrogens (tertiary/aromatic N) is 2. The van der Waals surface area contributed by atoms with Gasteiger partial charge in [0.15, 0.2) is 0 Å². The van der Waals surface area contributed by atoms with Crippen LogP contribution in [0.15, 0.2) is 52.9 Å². The number of hydrogen-bond donors (Lipinski definition) is 1. The topological polar surface area (TPSA) is 86.5 Å². The van der Waals surface area contributed by atoms with Gasteiger partial charge in [-0.25, -0.2) is 0 Å². The molecule has 1 amide bonds. The van der Waals surface area contributed by atoms with Crippen LogP contribution in [0.1, 0.15) is 29.7 Å². The lowest BCUT2D eigenvalue weighted by Crippen LogP contribution is -2.17. The zero-order chi connectivity index (χ0) is 19.2. The van der Waals surface area contributed by atoms with E-state index >= 15 is 0 Å². The van der Waals surface area contributed by atoms with Crippen molar-refractivity contribution in [2.45, 2.75) is 19.3 Å². The number of carbonyl (C=O) groups is 1. The quantitative estimate of drug-likeness (QED) is 0.687. The summed E-state index contributed by atoms with van der Waals surface area (Å²) in [6.45, 7) is 1.72. The Labute approximate surface area is 157 Å². The highest BCUT2D eigenvalue weighted by Crippen LogP contribution is 2.31. The van der Waals surface area contributed by atoms with Gasteiger partial charge in [0.2, 0.25) is 17.7 Å². The molecule has 0 aliphatic carbocycles. The van der Waals surface area contributed by atoms with E-state index in [2.05, 4.69) is 15.5 Å². The minimum Gasteiger partial charge on any atom is -0.497 e. The molecule has 1 heterocycles. The Morgan fingerprint density at radius 2 is 1.89 bits per heavy atom. The summed E-state index contributed by atoms with van der Waals surface area (Å²) < 4.78 is 16.1. The molecule has 0 aliphatic rings. The number of amides is 1. The van der Waals surface area contributed by atoms with Gasteiger partial charge >= 0.3 is 0 Å². The van der Waals surface area contributed by atoms with Crippen molar-refractivity contribution < 1.29 is 18.7 Å². The van der Waals surface area contributed by atoms with Crippen LogP contribution in [0.2, 0.25) is 0 Å². The standard InChI is InChI=1S/C20H21N3O4/c1-13-22-23-20(27-13)16(14-7-5-4-6-8-14)12-19(24)21-17-11-15(25-2)9-10-18(17)26-3/h4-11,16H,12H2,1-3H3,(H,21,24). The third-order valence-electron chi connectivity index (χ3n) is 4.11. The van der Waals surface area contributed by atoms with Crippen LogP contribution in [-0.2, 0) is 4.79 Å². The number of nitrogens with one attached hydrogen (secondary N) is 1. The van der Waals surface area contributed by atoms with E-state index in [0.29, 0.717) is 29.0 Å². The molecular formula is C20H21N3O4. The van der Waals surface area contributed by atoms with E-state index in [4.69, 9.17) is 13.9 Å². The van der Waals surface area contributed by atoms with Crippen molar-refractivity contribution in [3.63, 3.8) is 0 Å². The van der Waals surface area contributed by atoms with Crippen LogP contribution in [0.25, 0.3) is 0 Å². The third kappa shape index (κ3) is 4.44. The first kappa shape index (κ1) is 18.4. The lowest BCUT2D eigenvalue weighted by Gasteiger charge is -2.15. The van der Waals surface area contributed by atoms with Crippen molar-refractivity contribution >= 4 is 11.6 Å². The van der Waals surface area contributed by atoms with Gasteiger partial charge in [0.1, 0.15) is 11.5 Å². The smallest absolute Gasteiger partial charge is 0.225 e. The number of hydrogen-bond acceptors (Lipinski definition) is 6. The molecule has 1 aromatic heterocycles. The Morgan fingerprint density at radius 1 is 1.11 bits per heavy atom. The number of rotatable bonds is 7. The SMILES string of the molecule is COc1ccc(OC)c(NC(=O)CC(c2ccccc2)c2nnc(C)o2)c1. The first-order chi connectivity index (χ1) is 13.1. The molecule has 1 unspecified atom stereocenters. The van der Waals surface area contributed by atoms with Crippen molar-refractivity contribution in [1.29, 1.82) is 0 Å². The van der Waals surface area contributed by atoms with E-state index in [1.807, 2.05) is 30.3 Å². The fourth-order valence-corrected chi connectivity index (χ4v) is 2.78. The van der Waals surface area contributed by atoms with Crippen LogP contribution < -0.4 is 14.8 Å². The summed E-state index contributed by atoms with van der Waals surface area (Å²) in [6, 6.07) is 14.8. The second kappa shape index (κ2) is 8.35. The summed E-state index contributed by atoms with van der Waals surface area (Å²) in [7, 11) is 3.11. The molecule has 0 spiro atoms. The van der Waals surface area contributed by atoms with E-state index in [-0.39, 0.29) is 18.2 Å². The predicted molar refractivity (Wildman–Crippen MR) is 100 cm³/mol. The second-order valence-electron chi connectivity index (χ2n) is 5.94. The summed E-state index contributed by atoms with van der Waals surface area (Å²) in [5, 5.41) is 10.9. The Hall–Kier alpha value is -3.35. The Bertz CT molecular complexity index is 909. The molecular weight excluding hydrogens is 346 g/mol. The van der Waals surface area contributed by atoms with Crippen molar-refractivity contribution in [3.05, 3.63) is 65.9 Å². The van der Waals surface area contributed by atoms with Gasteiger partial charge in [-0.1, -0.05) is 30.3 Å². The monoisotopic (exact) mass is 367 g/mol. The number of methoxy groups -OCH3 is 2. The van der Waals surface area contributed by atoms with Crippen LogP contribution >= 0.6 is 0 Å². The molecule has 2 aromatic carbocycles. The normalized spacial score (nSPS) is 11.7. The lowest BCUT2D eigenvalue weighted by atomic mass is 9.95. The van der Waals surface area contributed by atoms with E-state index < -0.39 is 0 Å². The lowest BCUT2D eigenvalue weighted by molar-refractivity contribution is -0.116. The van der Waals surface area contributed by atoms with Gasteiger partial charge in [0.25, 0.3) is 0 Å². The van der Waals surface area contributed by atoms with Gasteiger partial charge in [-0.3, -0.25) is 4.79 Å². The molecule has 3 rings (SSSR count). The first-order valence-electron chi connectivity index (χ1n) is 8.47. The fraction of sp³-hybridized carbons (Fsp3) is 0.250. The molecule has 0 saturated heterocycles. The molecule has 3 aromatic rings. The average Bonchev–Trinajstić information content (AvgIpc) is 3.12. The molecule has 0 saturated carbocycles. The molecule has 27 heavy (non-hydrogen) atoms. The summed E-state index contributed by atoms with van der Waals surface area (Å²) in [6.07, 6.45) is 0.145. The summed E-state index contributed by atoms with van der Waals surface area (Å²) >= 11 is 0. The number of benzene rings is 2. The average molecular weight is 367 g/mol. The Kier molecular flexibility index (Phi) is 5.71. The summed E-state index contributed by atoms with van der Waals surface area (Å²) in [5.41, 5.74) is 1.46. The molecule has 1 N–H and O–H groups in total. The number of aromatic nitrogens is 2. The van der Waals surface area contributed by atoms with Crippen LogP contribution in [0.4, 0.5) is 5.69 Å². The maximum atomic E-state index is 12.7. The number of carbonyl (C=O) groups excluding carboxylic acids is 1. The van der Waals surface area contributed by atoms with Gasteiger partial charge in [-0.2, -0.15) is 0 Å². The van der Waals surface area contributed by atoms with Crippen LogP contribution in [0.5, 0.6) is 11.5 Å². The molecule has 0 aliphatic heterocycles. The molecule has 7 heteroatoms. The maximum absolute atomic E-state index is 12.7. The maximum Gasteiger partial charge on any atom is 0.225 e. The summed E-state index contributed by atoms with van der Waals surface area (Å²) in [4.78, 5) is 12.7. The Balaban J connectivity index is 1.83. The minimum absolute atomic E-state index is 0.145. The van der Waals surface area contributed by atoms with Gasteiger partial charge < -0.3 is 19.2 Å². The first-order valence-corrected chi connectivity index (χ1v) is 8.47. The van der Waals surface area contributed by atoms with Crippen molar-refractivity contribution in [1.82, 2.24) is 10.2 Å². The molecule has 7 nitrogen and oxygen atoms in total. The van der Waals surface area contributed by atoms with Gasteiger partial charge in [-0.05, 0) is 17.7 Å². The highest BCUT2D eigenvalue weighted by atomic mass is 16.5. The highest BCUT2D eigenvalue weighted by Gasteiger charge is 2.24. The van der Waals surface area contributed by atoms with Gasteiger partial charge in [0, 0.05) is 19.4 Å². The van der Waals surface area contributed by atoms with Crippen molar-refractivity contribution in [3.8, 4) is 11.5 Å². The largest absolute Gasteiger partial charge is 0.497 e. The number of anilines is 1. The second-order valence-corrected chi connectivity index (χ2v) is 5.94.